The number of rotatable bonds is 4. The summed E-state index contributed by atoms with van der Waals surface area (Å²) < 4.78 is 5.14. The Morgan fingerprint density at radius 1 is 1.46 bits per heavy atom. The molecular formula is C9H11NO3. The number of benzene rings is 1. The second-order valence-electron chi connectivity index (χ2n) is 2.44. The van der Waals surface area contributed by atoms with Crippen LogP contribution in [0.2, 0.25) is 0 Å². The molecule has 1 rings (SSSR count). The molecule has 0 saturated heterocycles. The molecule has 0 spiro atoms. The number of hydrogen-bond acceptors (Lipinski definition) is 3. The summed E-state index contributed by atoms with van der Waals surface area (Å²) in [7, 11) is 0. The number of nitrogens with two attached hydrogens (primary N) is 1. The second kappa shape index (κ2) is 4.47. The van der Waals surface area contributed by atoms with Crippen molar-refractivity contribution in [1.82, 2.24) is 0 Å². The lowest BCUT2D eigenvalue weighted by molar-refractivity contribution is 0.0692. The molecule has 0 heterocycles. The van der Waals surface area contributed by atoms with Gasteiger partial charge in [0.1, 0.15) is 17.9 Å². The van der Waals surface area contributed by atoms with Crippen LogP contribution in [0.1, 0.15) is 10.4 Å². The van der Waals surface area contributed by atoms with Crippen LogP contribution in [0.3, 0.4) is 0 Å². The van der Waals surface area contributed by atoms with Gasteiger partial charge in [0.25, 0.3) is 0 Å². The zero-order valence-electron chi connectivity index (χ0n) is 7.06. The van der Waals surface area contributed by atoms with Crippen molar-refractivity contribution in [2.75, 3.05) is 13.2 Å². The Kier molecular flexibility index (Phi) is 3.28. The summed E-state index contributed by atoms with van der Waals surface area (Å²) in [5.41, 5.74) is 5.39. The van der Waals surface area contributed by atoms with Crippen LogP contribution in [0.25, 0.3) is 0 Å². The third-order valence-corrected chi connectivity index (χ3v) is 1.49. The van der Waals surface area contributed by atoms with E-state index in [-0.39, 0.29) is 5.56 Å². The first-order valence-electron chi connectivity index (χ1n) is 3.91. The molecule has 70 valence electrons. The Labute approximate surface area is 75.9 Å². The van der Waals surface area contributed by atoms with Gasteiger partial charge in [-0.15, -0.1) is 0 Å². The maximum atomic E-state index is 10.7. The molecule has 0 aliphatic carbocycles. The highest BCUT2D eigenvalue weighted by Crippen LogP contribution is 2.17. The summed E-state index contributed by atoms with van der Waals surface area (Å²) in [5, 5.41) is 8.75. The van der Waals surface area contributed by atoms with Crippen molar-refractivity contribution in [1.29, 1.82) is 0 Å². The molecule has 0 saturated carbocycles. The Balaban J connectivity index is 2.84. The normalized spacial score (nSPS) is 9.62. The molecule has 0 atom stereocenters. The van der Waals surface area contributed by atoms with Gasteiger partial charge in [-0.2, -0.15) is 0 Å². The number of para-hydroxylation sites is 1. The Hall–Kier alpha value is -1.55. The zero-order chi connectivity index (χ0) is 9.68. The molecule has 0 bridgehead atoms. The molecule has 0 radical (unpaired) electrons. The predicted molar refractivity (Wildman–Crippen MR) is 48.0 cm³/mol. The molecule has 0 aliphatic heterocycles. The van der Waals surface area contributed by atoms with Crippen molar-refractivity contribution < 1.29 is 14.6 Å². The van der Waals surface area contributed by atoms with Gasteiger partial charge in [-0.05, 0) is 12.1 Å². The van der Waals surface area contributed by atoms with Crippen LogP contribution < -0.4 is 10.5 Å². The van der Waals surface area contributed by atoms with E-state index in [1.165, 1.54) is 6.07 Å². The summed E-state index contributed by atoms with van der Waals surface area (Å²) in [6.07, 6.45) is 0. The van der Waals surface area contributed by atoms with Crippen LogP contribution in [-0.2, 0) is 0 Å². The number of carboxylic acid groups (broad SMARTS) is 1. The smallest absolute Gasteiger partial charge is 0.339 e. The van der Waals surface area contributed by atoms with Crippen molar-refractivity contribution in [2.24, 2.45) is 5.73 Å². The van der Waals surface area contributed by atoms with Crippen LogP contribution in [-0.4, -0.2) is 24.2 Å². The summed E-state index contributed by atoms with van der Waals surface area (Å²) in [4.78, 5) is 10.7. The van der Waals surface area contributed by atoms with E-state index in [0.29, 0.717) is 18.9 Å². The number of hydrogen-bond donors (Lipinski definition) is 2. The van der Waals surface area contributed by atoms with E-state index in [1.807, 2.05) is 0 Å². The zero-order valence-corrected chi connectivity index (χ0v) is 7.06. The van der Waals surface area contributed by atoms with E-state index < -0.39 is 5.97 Å². The lowest BCUT2D eigenvalue weighted by Crippen LogP contribution is -2.12. The Bertz CT molecular complexity index is 299. The van der Waals surface area contributed by atoms with Crippen LogP contribution in [0.4, 0.5) is 0 Å². The SMILES string of the molecule is NCCOc1ccccc1C(=O)O. The maximum absolute atomic E-state index is 10.7. The lowest BCUT2D eigenvalue weighted by Gasteiger charge is -2.06. The van der Waals surface area contributed by atoms with Crippen molar-refractivity contribution in [2.45, 2.75) is 0 Å². The molecule has 0 aromatic heterocycles. The fourth-order valence-electron chi connectivity index (χ4n) is 0.938. The molecule has 13 heavy (non-hydrogen) atoms. The highest BCUT2D eigenvalue weighted by atomic mass is 16.5. The number of aromatic carboxylic acids is 1. The Morgan fingerprint density at radius 3 is 2.77 bits per heavy atom. The van der Waals surface area contributed by atoms with Crippen LogP contribution in [0.15, 0.2) is 24.3 Å². The van der Waals surface area contributed by atoms with Crippen molar-refractivity contribution in [3.8, 4) is 5.75 Å². The van der Waals surface area contributed by atoms with E-state index in [4.69, 9.17) is 15.6 Å². The summed E-state index contributed by atoms with van der Waals surface area (Å²) >= 11 is 0. The molecule has 1 aromatic rings. The maximum Gasteiger partial charge on any atom is 0.339 e. The minimum absolute atomic E-state index is 0.163. The highest BCUT2D eigenvalue weighted by molar-refractivity contribution is 5.90. The first-order valence-corrected chi connectivity index (χ1v) is 3.91. The standard InChI is InChI=1S/C9H11NO3/c10-5-6-13-8-4-2-1-3-7(8)9(11)12/h1-4H,5-6,10H2,(H,11,12). The van der Waals surface area contributed by atoms with Gasteiger partial charge in [-0.25, -0.2) is 4.79 Å². The molecular weight excluding hydrogens is 170 g/mol. The topological polar surface area (TPSA) is 72.5 Å². The van der Waals surface area contributed by atoms with Gasteiger partial charge in [-0.1, -0.05) is 12.1 Å². The molecule has 4 heteroatoms. The lowest BCUT2D eigenvalue weighted by atomic mass is 10.2. The van der Waals surface area contributed by atoms with Crippen LogP contribution in [0, 0.1) is 0 Å². The average Bonchev–Trinajstić information content (AvgIpc) is 2.15. The van der Waals surface area contributed by atoms with E-state index in [2.05, 4.69) is 0 Å². The highest BCUT2D eigenvalue weighted by Gasteiger charge is 2.08. The van der Waals surface area contributed by atoms with Crippen molar-refractivity contribution >= 4 is 5.97 Å². The molecule has 0 unspecified atom stereocenters. The molecule has 3 N–H and O–H groups in total. The van der Waals surface area contributed by atoms with Gasteiger partial charge in [0, 0.05) is 6.54 Å². The minimum atomic E-state index is -0.993. The van der Waals surface area contributed by atoms with Gasteiger partial charge in [0.15, 0.2) is 0 Å². The summed E-state index contributed by atoms with van der Waals surface area (Å²) in [6, 6.07) is 6.48. The molecule has 0 aliphatic rings. The molecule has 4 nitrogen and oxygen atoms in total. The summed E-state index contributed by atoms with van der Waals surface area (Å²) in [6.45, 7) is 0.693. The van der Waals surface area contributed by atoms with E-state index >= 15 is 0 Å². The minimum Gasteiger partial charge on any atom is -0.491 e. The largest absolute Gasteiger partial charge is 0.491 e. The van der Waals surface area contributed by atoms with Crippen molar-refractivity contribution in [3.05, 3.63) is 29.8 Å². The van der Waals surface area contributed by atoms with Crippen molar-refractivity contribution in [3.63, 3.8) is 0 Å². The molecule has 0 amide bonds. The van der Waals surface area contributed by atoms with Gasteiger partial charge >= 0.3 is 5.97 Å². The van der Waals surface area contributed by atoms with E-state index in [9.17, 15) is 4.79 Å². The van der Waals surface area contributed by atoms with E-state index in [1.54, 1.807) is 18.2 Å². The predicted octanol–water partition coefficient (Wildman–Crippen LogP) is 0.722. The third kappa shape index (κ3) is 2.45. The third-order valence-electron chi connectivity index (χ3n) is 1.49. The first-order chi connectivity index (χ1) is 6.25. The van der Waals surface area contributed by atoms with Gasteiger partial charge in [0.2, 0.25) is 0 Å². The average molecular weight is 181 g/mol. The quantitative estimate of drug-likeness (QED) is 0.718. The van der Waals surface area contributed by atoms with Crippen LogP contribution in [0.5, 0.6) is 5.75 Å². The van der Waals surface area contributed by atoms with E-state index in [0.717, 1.165) is 0 Å². The molecule has 0 fully saturated rings. The van der Waals surface area contributed by atoms with Crippen LogP contribution >= 0.6 is 0 Å². The summed E-state index contributed by atoms with van der Waals surface area (Å²) in [5.74, 6) is -0.631. The fraction of sp³-hybridized carbons (Fsp3) is 0.222. The molecule has 1 aromatic carbocycles. The Morgan fingerprint density at radius 2 is 2.15 bits per heavy atom. The monoisotopic (exact) mass is 181 g/mol. The van der Waals surface area contributed by atoms with Gasteiger partial charge in [-0.3, -0.25) is 0 Å². The van der Waals surface area contributed by atoms with Gasteiger partial charge in [0.05, 0.1) is 0 Å². The number of ether oxygens (including phenoxy) is 1. The fourth-order valence-corrected chi connectivity index (χ4v) is 0.938. The first kappa shape index (κ1) is 9.54. The second-order valence-corrected chi connectivity index (χ2v) is 2.44. The number of carbonyl (C=O) groups is 1. The van der Waals surface area contributed by atoms with Gasteiger partial charge < -0.3 is 15.6 Å². The number of carboxylic acids is 1.